The molecule has 4 aromatic carbocycles. The molecule has 0 atom stereocenters. The molecule has 0 unspecified atom stereocenters. The van der Waals surface area contributed by atoms with Crippen molar-refractivity contribution >= 4 is 57.3 Å². The van der Waals surface area contributed by atoms with Gasteiger partial charge >= 0.3 is 12.4 Å². The Balaban J connectivity index is 1.29. The lowest BCUT2D eigenvalue weighted by molar-refractivity contribution is -0.137. The van der Waals surface area contributed by atoms with Crippen LogP contribution in [0.4, 0.5) is 60.5 Å². The maximum absolute atomic E-state index is 14.3. The van der Waals surface area contributed by atoms with E-state index in [0.29, 0.717) is 39.3 Å². The first-order valence-electron chi connectivity index (χ1n) is 22.7. The van der Waals surface area contributed by atoms with Crippen LogP contribution < -0.4 is 53.2 Å². The third-order valence-electron chi connectivity index (χ3n) is 11.4. The zero-order chi connectivity index (χ0) is 53.0. The molecule has 2 heterocycles. The van der Waals surface area contributed by atoms with Crippen LogP contribution in [0.3, 0.4) is 0 Å². The summed E-state index contributed by atoms with van der Waals surface area (Å²) in [4.78, 5) is 37.3. The molecule has 384 valence electrons. The van der Waals surface area contributed by atoms with Crippen LogP contribution in [-0.2, 0) is 23.5 Å². The topological polar surface area (TPSA) is 191 Å². The third-order valence-corrected chi connectivity index (χ3v) is 11.4. The number of carbonyl (C=O) groups excluding carboxylic acids is 2. The van der Waals surface area contributed by atoms with Crippen molar-refractivity contribution in [2.24, 2.45) is 11.5 Å². The Labute approximate surface area is 418 Å². The fraction of sp³-hybridized carbons (Fsp3) is 0.231. The zero-order valence-corrected chi connectivity index (χ0v) is 40.8. The second-order valence-corrected chi connectivity index (χ2v) is 16.5. The van der Waals surface area contributed by atoms with Crippen LogP contribution in [0, 0.1) is 6.92 Å². The van der Waals surface area contributed by atoms with Gasteiger partial charge in [-0.3, -0.25) is 29.6 Å². The summed E-state index contributed by atoms with van der Waals surface area (Å²) in [5, 5.41) is 11.1. The molecule has 0 bridgehead atoms. The number of pyridine rings is 2. The number of halogens is 6. The molecule has 15 nitrogen and oxygen atoms in total. The largest absolute Gasteiger partial charge is 0.418 e. The van der Waals surface area contributed by atoms with Gasteiger partial charge in [-0.2, -0.15) is 26.3 Å². The van der Waals surface area contributed by atoms with E-state index in [-0.39, 0.29) is 65.7 Å². The van der Waals surface area contributed by atoms with Gasteiger partial charge in [-0.15, -0.1) is 0 Å². The van der Waals surface area contributed by atoms with Gasteiger partial charge in [0.25, 0.3) is 11.8 Å². The fourth-order valence-corrected chi connectivity index (χ4v) is 7.65. The normalized spacial score (nSPS) is 12.1. The molecule has 0 saturated heterocycles. The van der Waals surface area contributed by atoms with Gasteiger partial charge in [-0.1, -0.05) is 12.1 Å². The molecule has 0 fully saturated rings. The highest BCUT2D eigenvalue weighted by molar-refractivity contribution is 6.06. The highest BCUT2D eigenvalue weighted by Gasteiger charge is 2.36. The van der Waals surface area contributed by atoms with Gasteiger partial charge in [0.05, 0.1) is 40.5 Å². The number of alkyl halides is 6. The summed E-state index contributed by atoms with van der Waals surface area (Å²) in [5.74, 6) is -1.31. The van der Waals surface area contributed by atoms with Gasteiger partial charge in [0.1, 0.15) is 0 Å². The summed E-state index contributed by atoms with van der Waals surface area (Å²) in [6, 6.07) is 22.1. The molecule has 2 amide bonds. The van der Waals surface area contributed by atoms with Crippen LogP contribution >= 0.6 is 0 Å². The van der Waals surface area contributed by atoms with Gasteiger partial charge in [-0.25, -0.2) is 10.9 Å². The van der Waals surface area contributed by atoms with Crippen LogP contribution in [0.25, 0.3) is 11.4 Å². The second-order valence-electron chi connectivity index (χ2n) is 16.5. The average Bonchev–Trinajstić information content (AvgIpc) is 3.37. The van der Waals surface area contributed by atoms with Crippen LogP contribution in [-0.4, -0.2) is 69.7 Å². The molecule has 21 heteroatoms. The van der Waals surface area contributed by atoms with Gasteiger partial charge in [0, 0.05) is 130 Å². The van der Waals surface area contributed by atoms with E-state index in [2.05, 4.69) is 36.8 Å². The first-order chi connectivity index (χ1) is 34.7. The van der Waals surface area contributed by atoms with Crippen molar-refractivity contribution in [3.63, 3.8) is 0 Å². The number of hydrazine groups is 2. The second kappa shape index (κ2) is 23.8. The van der Waals surface area contributed by atoms with E-state index >= 15 is 0 Å². The minimum absolute atomic E-state index is 0.0356. The zero-order valence-electron chi connectivity index (χ0n) is 40.8. The van der Waals surface area contributed by atoms with Crippen molar-refractivity contribution in [1.29, 1.82) is 0 Å². The molecule has 0 saturated carbocycles. The SMILES string of the molecule is CCNc1ccc(NC(=O)c2ccc(C)c(N(/C=C(\N)c3cncc(Cc4ccc(C(=O)Nc5ccc(N(C)CCOC)c(C(F)(F)F)c5)cc4N(/C=C(\N)c4cccnc4)NC)c3)NC)c2)cc1C(F)(F)F. The maximum Gasteiger partial charge on any atom is 0.418 e. The molecule has 0 aliphatic heterocycles. The van der Waals surface area contributed by atoms with Crippen LogP contribution in [0.1, 0.15) is 66.6 Å². The summed E-state index contributed by atoms with van der Waals surface area (Å²) < 4.78 is 89.6. The maximum atomic E-state index is 14.3. The van der Waals surface area contributed by atoms with Gasteiger partial charge in [0.15, 0.2) is 0 Å². The number of hydrogen-bond acceptors (Lipinski definition) is 13. The molecule has 0 aliphatic carbocycles. The Morgan fingerprint density at radius 2 is 1.27 bits per heavy atom. The van der Waals surface area contributed by atoms with Crippen molar-refractivity contribution in [2.75, 3.05) is 78.8 Å². The smallest absolute Gasteiger partial charge is 0.397 e. The summed E-state index contributed by atoms with van der Waals surface area (Å²) in [5.41, 5.74) is 22.4. The standard InChI is InChI=1S/C52H56F6N12O3/c1-7-65-45-16-14-39(25-41(45)51(53,54)55)66-49(71)35-11-10-32(2)47(23-35)69(61-3)31-44(60)38-22-33(27-64-29-38)21-34-12-13-36(24-48(34)70(62-4)30-43(59)37-9-8-18-63-28-37)50(72)67-40-15-17-46(68(5)19-20-73-6)42(26-40)52(56,57)58/h8-18,22-31,61-62,65H,7,19-21,59-60H2,1-6H3,(H,66,71)(H,67,72)/b43-30-,44-31-. The number of rotatable bonds is 20. The van der Waals surface area contributed by atoms with E-state index in [9.17, 15) is 35.9 Å². The number of amides is 2. The van der Waals surface area contributed by atoms with E-state index in [0.717, 1.165) is 17.7 Å². The Kier molecular flexibility index (Phi) is 17.7. The Morgan fingerprint density at radius 1 is 0.685 bits per heavy atom. The first kappa shape index (κ1) is 54.2. The minimum Gasteiger partial charge on any atom is -0.397 e. The summed E-state index contributed by atoms with van der Waals surface area (Å²) in [6.07, 6.45) is 0.480. The molecular formula is C52H56F6N12O3. The summed E-state index contributed by atoms with van der Waals surface area (Å²) in [7, 11) is 6.27. The molecule has 6 rings (SSSR count). The number of methoxy groups -OCH3 is 1. The predicted molar refractivity (Wildman–Crippen MR) is 274 cm³/mol. The molecule has 0 spiro atoms. The monoisotopic (exact) mass is 1010 g/mol. The van der Waals surface area contributed by atoms with Crippen LogP contribution in [0.15, 0.2) is 128 Å². The van der Waals surface area contributed by atoms with Crippen molar-refractivity contribution in [3.8, 4) is 0 Å². The van der Waals surface area contributed by atoms with E-state index < -0.39 is 35.3 Å². The molecule has 6 aromatic rings. The van der Waals surface area contributed by atoms with Crippen molar-refractivity contribution in [1.82, 2.24) is 20.8 Å². The van der Waals surface area contributed by atoms with Crippen LogP contribution in [0.5, 0.6) is 0 Å². The lowest BCUT2D eigenvalue weighted by Crippen LogP contribution is -2.32. The number of ether oxygens (including phenoxy) is 1. The highest BCUT2D eigenvalue weighted by atomic mass is 19.4. The number of carbonyl (C=O) groups is 2. The van der Waals surface area contributed by atoms with Crippen molar-refractivity contribution < 1.29 is 40.7 Å². The average molecular weight is 1010 g/mol. The molecular weight excluding hydrogens is 955 g/mol. The number of benzene rings is 4. The number of aromatic nitrogens is 2. The molecule has 0 aliphatic rings. The molecule has 0 radical (unpaired) electrons. The van der Waals surface area contributed by atoms with Crippen molar-refractivity contribution in [2.45, 2.75) is 32.6 Å². The van der Waals surface area contributed by atoms with E-state index in [4.69, 9.17) is 16.2 Å². The minimum atomic E-state index is -4.72. The van der Waals surface area contributed by atoms with Gasteiger partial charge in [-0.05, 0) is 109 Å². The molecule has 2 aromatic heterocycles. The number of nitrogens with two attached hydrogens (primary N) is 2. The van der Waals surface area contributed by atoms with Gasteiger partial charge in [0.2, 0.25) is 0 Å². The van der Waals surface area contributed by atoms with Crippen molar-refractivity contribution in [3.05, 3.63) is 178 Å². The number of likely N-dealkylation sites (N-methyl/N-ethyl adjacent to an activating group) is 1. The Morgan fingerprint density at radius 3 is 1.88 bits per heavy atom. The lowest BCUT2D eigenvalue weighted by atomic mass is 10.00. The number of nitrogens with zero attached hydrogens (tertiary/aromatic N) is 5. The molecule has 73 heavy (non-hydrogen) atoms. The van der Waals surface area contributed by atoms with Gasteiger partial charge < -0.3 is 37.1 Å². The Bertz CT molecular complexity index is 2970. The lowest BCUT2D eigenvalue weighted by Gasteiger charge is -2.25. The molecule has 9 N–H and O–H groups in total. The first-order valence-corrected chi connectivity index (χ1v) is 22.7. The quantitative estimate of drug-likeness (QED) is 0.0283. The number of nitrogens with one attached hydrogen (secondary N) is 5. The summed E-state index contributed by atoms with van der Waals surface area (Å²) in [6.45, 7) is 4.19. The van der Waals surface area contributed by atoms with E-state index in [1.807, 2.05) is 13.0 Å². The number of aryl methyl sites for hydroxylation is 1. The highest BCUT2D eigenvalue weighted by Crippen LogP contribution is 2.39. The Hall–Kier alpha value is -8.14. The van der Waals surface area contributed by atoms with E-state index in [1.54, 1.807) is 117 Å². The van der Waals surface area contributed by atoms with E-state index in [1.165, 1.54) is 43.3 Å². The summed E-state index contributed by atoms with van der Waals surface area (Å²) >= 11 is 0. The predicted octanol–water partition coefficient (Wildman–Crippen LogP) is 9.23. The number of anilines is 6. The number of hydrogen-bond donors (Lipinski definition) is 7. The third kappa shape index (κ3) is 13.8. The van der Waals surface area contributed by atoms with Crippen LogP contribution in [0.2, 0.25) is 0 Å². The fourth-order valence-electron chi connectivity index (χ4n) is 7.65.